The highest BCUT2D eigenvalue weighted by Crippen LogP contribution is 2.39. The van der Waals surface area contributed by atoms with Crippen LogP contribution < -0.4 is 14.8 Å². The van der Waals surface area contributed by atoms with Crippen LogP contribution >= 0.6 is 0 Å². The third-order valence-corrected chi connectivity index (χ3v) is 3.68. The molecule has 3 heteroatoms. The molecule has 2 heterocycles. The molecule has 0 aromatic heterocycles. The largest absolute Gasteiger partial charge is 0.496 e. The Morgan fingerprint density at radius 1 is 1.41 bits per heavy atom. The van der Waals surface area contributed by atoms with Crippen LogP contribution in [0.2, 0.25) is 0 Å². The van der Waals surface area contributed by atoms with Gasteiger partial charge in [0.15, 0.2) is 0 Å². The van der Waals surface area contributed by atoms with E-state index in [0.29, 0.717) is 12.1 Å². The zero-order valence-corrected chi connectivity index (χ0v) is 10.5. The van der Waals surface area contributed by atoms with Gasteiger partial charge in [-0.25, -0.2) is 0 Å². The van der Waals surface area contributed by atoms with Crippen LogP contribution in [0.1, 0.15) is 36.9 Å². The van der Waals surface area contributed by atoms with Crippen molar-refractivity contribution in [2.45, 2.75) is 38.3 Å². The standard InChI is InChI=1S/C14H19NO2/c1-9-6-10-7-14(16-2)11(8-13(10)17-9)12-4-3-5-15-12/h7-9,12,15H,3-6H2,1-2H3. The van der Waals surface area contributed by atoms with Crippen LogP contribution in [0.25, 0.3) is 0 Å². The maximum Gasteiger partial charge on any atom is 0.124 e. The molecule has 1 N–H and O–H groups in total. The number of hydrogen-bond acceptors (Lipinski definition) is 3. The van der Waals surface area contributed by atoms with E-state index in [2.05, 4.69) is 24.4 Å². The third-order valence-electron chi connectivity index (χ3n) is 3.68. The second-order valence-electron chi connectivity index (χ2n) is 4.98. The topological polar surface area (TPSA) is 30.5 Å². The van der Waals surface area contributed by atoms with Gasteiger partial charge in [-0.2, -0.15) is 0 Å². The van der Waals surface area contributed by atoms with Crippen LogP contribution in [0.4, 0.5) is 0 Å². The summed E-state index contributed by atoms with van der Waals surface area (Å²) in [6, 6.07) is 4.74. The summed E-state index contributed by atoms with van der Waals surface area (Å²) in [6.07, 6.45) is 3.71. The molecule has 1 saturated heterocycles. The first-order chi connectivity index (χ1) is 8.28. The number of hydrogen-bond donors (Lipinski definition) is 1. The van der Waals surface area contributed by atoms with Crippen LogP contribution in [0, 0.1) is 0 Å². The molecule has 0 aliphatic carbocycles. The lowest BCUT2D eigenvalue weighted by molar-refractivity contribution is 0.254. The molecule has 1 aromatic carbocycles. The van der Waals surface area contributed by atoms with E-state index in [0.717, 1.165) is 24.5 Å². The van der Waals surface area contributed by atoms with Crippen molar-refractivity contribution < 1.29 is 9.47 Å². The molecule has 0 amide bonds. The minimum absolute atomic E-state index is 0.293. The van der Waals surface area contributed by atoms with Gasteiger partial charge in [-0.15, -0.1) is 0 Å². The molecule has 2 atom stereocenters. The predicted octanol–water partition coefficient (Wildman–Crippen LogP) is 2.44. The first-order valence-electron chi connectivity index (χ1n) is 6.39. The first kappa shape index (κ1) is 10.9. The zero-order valence-electron chi connectivity index (χ0n) is 10.5. The van der Waals surface area contributed by atoms with Crippen molar-refractivity contribution in [2.75, 3.05) is 13.7 Å². The van der Waals surface area contributed by atoms with Crippen LogP contribution in [-0.4, -0.2) is 19.8 Å². The van der Waals surface area contributed by atoms with Gasteiger partial charge in [0, 0.05) is 23.6 Å². The Kier molecular flexibility index (Phi) is 2.71. The highest BCUT2D eigenvalue weighted by molar-refractivity contribution is 5.50. The Labute approximate surface area is 102 Å². The van der Waals surface area contributed by atoms with Gasteiger partial charge >= 0.3 is 0 Å². The van der Waals surface area contributed by atoms with Gasteiger partial charge < -0.3 is 14.8 Å². The van der Waals surface area contributed by atoms with E-state index in [9.17, 15) is 0 Å². The lowest BCUT2D eigenvalue weighted by Crippen LogP contribution is -2.14. The van der Waals surface area contributed by atoms with Crippen molar-refractivity contribution in [3.05, 3.63) is 23.3 Å². The second kappa shape index (κ2) is 4.22. The average molecular weight is 233 g/mol. The monoisotopic (exact) mass is 233 g/mol. The fraction of sp³-hybridized carbons (Fsp3) is 0.571. The fourth-order valence-corrected chi connectivity index (χ4v) is 2.85. The van der Waals surface area contributed by atoms with Crippen molar-refractivity contribution >= 4 is 0 Å². The summed E-state index contributed by atoms with van der Waals surface area (Å²) in [4.78, 5) is 0. The number of nitrogens with one attached hydrogen (secondary N) is 1. The lowest BCUT2D eigenvalue weighted by Gasteiger charge is -2.16. The fourth-order valence-electron chi connectivity index (χ4n) is 2.85. The van der Waals surface area contributed by atoms with Crippen LogP contribution in [0.5, 0.6) is 11.5 Å². The van der Waals surface area contributed by atoms with Crippen LogP contribution in [0.3, 0.4) is 0 Å². The van der Waals surface area contributed by atoms with Crippen molar-refractivity contribution in [1.82, 2.24) is 5.32 Å². The first-order valence-corrected chi connectivity index (χ1v) is 6.39. The number of fused-ring (bicyclic) bond motifs is 1. The molecule has 0 radical (unpaired) electrons. The molecule has 0 saturated carbocycles. The van der Waals surface area contributed by atoms with Gasteiger partial charge in [-0.1, -0.05) is 0 Å². The average Bonchev–Trinajstić information content (AvgIpc) is 2.93. The van der Waals surface area contributed by atoms with Gasteiger partial charge in [0.25, 0.3) is 0 Å². The summed E-state index contributed by atoms with van der Waals surface area (Å²) >= 11 is 0. The summed E-state index contributed by atoms with van der Waals surface area (Å²) in [6.45, 7) is 3.21. The van der Waals surface area contributed by atoms with Gasteiger partial charge in [0.05, 0.1) is 7.11 Å². The van der Waals surface area contributed by atoms with E-state index in [-0.39, 0.29) is 0 Å². The summed E-state index contributed by atoms with van der Waals surface area (Å²) < 4.78 is 11.3. The van der Waals surface area contributed by atoms with Crippen molar-refractivity contribution in [3.63, 3.8) is 0 Å². The summed E-state index contributed by atoms with van der Waals surface area (Å²) in [5.74, 6) is 2.04. The Hall–Kier alpha value is -1.22. The second-order valence-corrected chi connectivity index (χ2v) is 4.98. The van der Waals surface area contributed by atoms with E-state index >= 15 is 0 Å². The predicted molar refractivity (Wildman–Crippen MR) is 66.8 cm³/mol. The van der Waals surface area contributed by atoms with Crippen molar-refractivity contribution in [1.29, 1.82) is 0 Å². The number of ether oxygens (including phenoxy) is 2. The smallest absolute Gasteiger partial charge is 0.124 e. The quantitative estimate of drug-likeness (QED) is 0.851. The number of rotatable bonds is 2. The Morgan fingerprint density at radius 3 is 3.00 bits per heavy atom. The third kappa shape index (κ3) is 1.89. The highest BCUT2D eigenvalue weighted by atomic mass is 16.5. The van der Waals surface area contributed by atoms with E-state index in [4.69, 9.17) is 9.47 Å². The molecule has 2 unspecified atom stereocenters. The molecule has 1 aromatic rings. The van der Waals surface area contributed by atoms with Gasteiger partial charge in [0.2, 0.25) is 0 Å². The molecule has 2 aliphatic heterocycles. The van der Waals surface area contributed by atoms with Gasteiger partial charge in [-0.3, -0.25) is 0 Å². The normalized spacial score (nSPS) is 26.7. The van der Waals surface area contributed by atoms with Crippen LogP contribution in [-0.2, 0) is 6.42 Å². The molecule has 3 nitrogen and oxygen atoms in total. The molecule has 92 valence electrons. The summed E-state index contributed by atoms with van der Waals surface area (Å²) in [5.41, 5.74) is 2.52. The molecule has 0 bridgehead atoms. The Bertz CT molecular complexity index is 424. The van der Waals surface area contributed by atoms with E-state index in [1.807, 2.05) is 0 Å². The maximum atomic E-state index is 5.82. The zero-order chi connectivity index (χ0) is 11.8. The van der Waals surface area contributed by atoms with E-state index < -0.39 is 0 Å². The summed E-state index contributed by atoms with van der Waals surface area (Å²) in [5, 5.41) is 3.51. The molecule has 17 heavy (non-hydrogen) atoms. The minimum Gasteiger partial charge on any atom is -0.496 e. The van der Waals surface area contributed by atoms with E-state index in [1.54, 1.807) is 7.11 Å². The Morgan fingerprint density at radius 2 is 2.29 bits per heavy atom. The lowest BCUT2D eigenvalue weighted by atomic mass is 10.0. The molecule has 0 spiro atoms. The SMILES string of the molecule is COc1cc2c(cc1C1CCCN1)OC(C)C2. The molecule has 1 fully saturated rings. The minimum atomic E-state index is 0.293. The van der Waals surface area contributed by atoms with Crippen molar-refractivity contribution in [2.24, 2.45) is 0 Å². The maximum absolute atomic E-state index is 5.82. The molecular weight excluding hydrogens is 214 g/mol. The number of benzene rings is 1. The molecular formula is C14H19NO2. The highest BCUT2D eigenvalue weighted by Gasteiger charge is 2.26. The van der Waals surface area contributed by atoms with Gasteiger partial charge in [0.1, 0.15) is 17.6 Å². The molecule has 3 rings (SSSR count). The van der Waals surface area contributed by atoms with E-state index in [1.165, 1.54) is 24.0 Å². The van der Waals surface area contributed by atoms with Gasteiger partial charge in [-0.05, 0) is 38.4 Å². The summed E-state index contributed by atoms with van der Waals surface area (Å²) in [7, 11) is 1.75. The van der Waals surface area contributed by atoms with Crippen molar-refractivity contribution in [3.8, 4) is 11.5 Å². The van der Waals surface area contributed by atoms with Crippen LogP contribution in [0.15, 0.2) is 12.1 Å². The Balaban J connectivity index is 1.99. The molecule has 2 aliphatic rings. The number of methoxy groups -OCH3 is 1.